The van der Waals surface area contributed by atoms with E-state index in [-0.39, 0.29) is 49.7 Å². The van der Waals surface area contributed by atoms with Crippen molar-refractivity contribution in [3.05, 3.63) is 59.7 Å². The molecule has 8 nitrogen and oxygen atoms in total. The van der Waals surface area contributed by atoms with E-state index in [1.54, 1.807) is 0 Å². The lowest BCUT2D eigenvalue weighted by Gasteiger charge is -2.35. The maximum Gasteiger partial charge on any atom is 0.407 e. The van der Waals surface area contributed by atoms with Crippen molar-refractivity contribution in [1.29, 1.82) is 0 Å². The number of aliphatic hydroxyl groups is 1. The fraction of sp³-hybridized carbons (Fsp3) is 0.423. The molecule has 2 aromatic rings. The summed E-state index contributed by atoms with van der Waals surface area (Å²) in [4.78, 5) is 35.4. The Hall–Kier alpha value is -3.39. The average Bonchev–Trinajstić information content (AvgIpc) is 3.12. The van der Waals surface area contributed by atoms with Gasteiger partial charge in [-0.15, -0.1) is 0 Å². The fourth-order valence-corrected chi connectivity index (χ4v) is 4.99. The van der Waals surface area contributed by atoms with E-state index in [2.05, 4.69) is 34.9 Å². The van der Waals surface area contributed by atoms with Gasteiger partial charge in [0.1, 0.15) is 12.6 Å². The number of ether oxygens (including phenoxy) is 1. The van der Waals surface area contributed by atoms with Gasteiger partial charge in [0.15, 0.2) is 0 Å². The van der Waals surface area contributed by atoms with Crippen LogP contribution >= 0.6 is 0 Å². The van der Waals surface area contributed by atoms with Gasteiger partial charge in [0.2, 0.25) is 5.91 Å². The molecule has 2 aliphatic carbocycles. The van der Waals surface area contributed by atoms with Crippen molar-refractivity contribution in [2.75, 3.05) is 19.8 Å². The molecule has 2 amide bonds. The number of carbonyl (C=O) groups excluding carboxylic acids is 2. The van der Waals surface area contributed by atoms with Crippen molar-refractivity contribution in [3.8, 4) is 11.1 Å². The molecule has 0 aliphatic heterocycles. The molecule has 0 unspecified atom stereocenters. The molecule has 0 bridgehead atoms. The van der Waals surface area contributed by atoms with E-state index in [9.17, 15) is 14.4 Å². The van der Waals surface area contributed by atoms with Gasteiger partial charge in [-0.2, -0.15) is 0 Å². The van der Waals surface area contributed by atoms with Crippen molar-refractivity contribution in [2.24, 2.45) is 11.8 Å². The first kappa shape index (κ1) is 23.8. The van der Waals surface area contributed by atoms with E-state index in [1.807, 2.05) is 24.3 Å². The van der Waals surface area contributed by atoms with Crippen LogP contribution in [0.3, 0.4) is 0 Å². The molecule has 1 saturated carbocycles. The maximum absolute atomic E-state index is 12.3. The Kier molecular flexibility index (Phi) is 7.47. The summed E-state index contributed by atoms with van der Waals surface area (Å²) in [6, 6.07) is 15.3. The first-order valence-electron chi connectivity index (χ1n) is 11.7. The third-order valence-corrected chi connectivity index (χ3v) is 6.74. The number of rotatable bonds is 10. The Morgan fingerprint density at radius 1 is 0.971 bits per heavy atom. The van der Waals surface area contributed by atoms with E-state index >= 15 is 0 Å². The van der Waals surface area contributed by atoms with Gasteiger partial charge in [-0.1, -0.05) is 48.5 Å². The van der Waals surface area contributed by atoms with E-state index in [4.69, 9.17) is 14.9 Å². The quantitative estimate of drug-likeness (QED) is 0.427. The smallest absolute Gasteiger partial charge is 0.407 e. The zero-order valence-electron chi connectivity index (χ0n) is 18.9. The molecule has 0 radical (unpaired) electrons. The van der Waals surface area contributed by atoms with Gasteiger partial charge < -0.3 is 25.6 Å². The van der Waals surface area contributed by atoms with Gasteiger partial charge in [0.25, 0.3) is 0 Å². The second-order valence-electron chi connectivity index (χ2n) is 9.08. The van der Waals surface area contributed by atoms with E-state index in [0.29, 0.717) is 6.54 Å². The van der Waals surface area contributed by atoms with Crippen molar-refractivity contribution < 1.29 is 29.3 Å². The van der Waals surface area contributed by atoms with E-state index in [0.717, 1.165) is 12.8 Å². The SMILES string of the molecule is O=C(CC1CC(CNC(=O)OCC2c3ccccc3-c3ccccc32)C1)N[C@H](CCO)C(=O)O. The Labute approximate surface area is 198 Å². The van der Waals surface area contributed by atoms with Crippen molar-refractivity contribution in [2.45, 2.75) is 37.6 Å². The molecule has 180 valence electrons. The lowest BCUT2D eigenvalue weighted by molar-refractivity contribution is -0.142. The largest absolute Gasteiger partial charge is 0.480 e. The number of aliphatic hydroxyl groups excluding tert-OH is 1. The zero-order valence-corrected chi connectivity index (χ0v) is 18.9. The fourth-order valence-electron chi connectivity index (χ4n) is 4.99. The average molecular weight is 467 g/mol. The molecule has 4 N–H and O–H groups in total. The second kappa shape index (κ2) is 10.7. The van der Waals surface area contributed by atoms with Crippen LogP contribution in [0.15, 0.2) is 48.5 Å². The van der Waals surface area contributed by atoms with Gasteiger partial charge in [0, 0.05) is 31.9 Å². The van der Waals surface area contributed by atoms with Gasteiger partial charge in [-0.05, 0) is 46.9 Å². The summed E-state index contributed by atoms with van der Waals surface area (Å²) >= 11 is 0. The van der Waals surface area contributed by atoms with Crippen molar-refractivity contribution in [3.63, 3.8) is 0 Å². The number of amides is 2. The second-order valence-corrected chi connectivity index (χ2v) is 9.08. The number of benzene rings is 2. The highest BCUT2D eigenvalue weighted by Crippen LogP contribution is 2.44. The standard InChI is InChI=1S/C26H30N2O6/c29-10-9-23(25(31)32)28-24(30)13-16-11-17(12-16)14-27-26(33)34-15-22-20-7-3-1-5-18(20)19-6-2-4-8-21(19)22/h1-8,16-17,22-23,29H,9-15H2,(H,27,33)(H,28,30)(H,31,32)/t16?,17?,23-/m1/s1. The highest BCUT2D eigenvalue weighted by atomic mass is 16.5. The van der Waals surface area contributed by atoms with Gasteiger partial charge in [-0.25, -0.2) is 9.59 Å². The van der Waals surface area contributed by atoms with Crippen molar-refractivity contribution >= 4 is 18.0 Å². The molecule has 1 fully saturated rings. The van der Waals surface area contributed by atoms with Crippen LogP contribution in [0.4, 0.5) is 4.79 Å². The predicted molar refractivity (Wildman–Crippen MR) is 125 cm³/mol. The highest BCUT2D eigenvalue weighted by Gasteiger charge is 2.32. The third-order valence-electron chi connectivity index (χ3n) is 6.74. The minimum atomic E-state index is -1.15. The zero-order chi connectivity index (χ0) is 24.1. The molecular weight excluding hydrogens is 436 g/mol. The Morgan fingerprint density at radius 3 is 2.18 bits per heavy atom. The van der Waals surface area contributed by atoms with Crippen LogP contribution in [0, 0.1) is 11.8 Å². The van der Waals surface area contributed by atoms with E-state index < -0.39 is 18.1 Å². The number of carbonyl (C=O) groups is 3. The maximum atomic E-state index is 12.3. The van der Waals surface area contributed by atoms with Gasteiger partial charge in [0.05, 0.1) is 0 Å². The van der Waals surface area contributed by atoms with Crippen LogP contribution in [0.1, 0.15) is 42.7 Å². The van der Waals surface area contributed by atoms with E-state index in [1.165, 1.54) is 22.3 Å². The summed E-state index contributed by atoms with van der Waals surface area (Å²) in [7, 11) is 0. The minimum absolute atomic E-state index is 0.0155. The summed E-state index contributed by atoms with van der Waals surface area (Å²) in [5.74, 6) is -1.02. The molecule has 0 aromatic heterocycles. The summed E-state index contributed by atoms with van der Waals surface area (Å²) in [5, 5.41) is 23.2. The lowest BCUT2D eigenvalue weighted by Crippen LogP contribution is -2.43. The van der Waals surface area contributed by atoms with Gasteiger partial charge >= 0.3 is 12.1 Å². The van der Waals surface area contributed by atoms with Crippen LogP contribution < -0.4 is 10.6 Å². The van der Waals surface area contributed by atoms with Gasteiger partial charge in [-0.3, -0.25) is 4.79 Å². The molecule has 2 aromatic carbocycles. The lowest BCUT2D eigenvalue weighted by atomic mass is 9.73. The molecule has 2 aliphatic rings. The summed E-state index contributed by atoms with van der Waals surface area (Å²) < 4.78 is 5.55. The molecule has 0 saturated heterocycles. The highest BCUT2D eigenvalue weighted by molar-refractivity contribution is 5.83. The molecular formula is C26H30N2O6. The minimum Gasteiger partial charge on any atom is -0.480 e. The Bertz CT molecular complexity index is 1000. The number of fused-ring (bicyclic) bond motifs is 3. The topological polar surface area (TPSA) is 125 Å². The predicted octanol–water partition coefficient (Wildman–Crippen LogP) is 2.89. The molecule has 1 atom stereocenters. The first-order chi connectivity index (χ1) is 16.5. The monoisotopic (exact) mass is 466 g/mol. The van der Waals surface area contributed by atoms with Crippen LogP contribution in [-0.2, 0) is 14.3 Å². The Balaban J connectivity index is 1.17. The summed E-state index contributed by atoms with van der Waals surface area (Å²) in [5.41, 5.74) is 4.70. The Morgan fingerprint density at radius 2 is 1.59 bits per heavy atom. The molecule has 34 heavy (non-hydrogen) atoms. The van der Waals surface area contributed by atoms with Crippen LogP contribution in [0.25, 0.3) is 11.1 Å². The third kappa shape index (κ3) is 5.39. The number of hydrogen-bond acceptors (Lipinski definition) is 5. The number of aliphatic carboxylic acids is 1. The summed E-state index contributed by atoms with van der Waals surface area (Å²) in [6.07, 6.45) is 1.36. The molecule has 0 heterocycles. The molecule has 8 heteroatoms. The normalized spacial score (nSPS) is 19.3. The van der Waals surface area contributed by atoms with Crippen LogP contribution in [-0.4, -0.2) is 54.0 Å². The number of carboxylic acid groups (broad SMARTS) is 1. The number of hydrogen-bond donors (Lipinski definition) is 4. The summed E-state index contributed by atoms with van der Waals surface area (Å²) in [6.45, 7) is 0.452. The number of alkyl carbamates (subject to hydrolysis) is 1. The van der Waals surface area contributed by atoms with Crippen molar-refractivity contribution in [1.82, 2.24) is 10.6 Å². The molecule has 4 rings (SSSR count). The van der Waals surface area contributed by atoms with Crippen LogP contribution in [0.5, 0.6) is 0 Å². The van der Waals surface area contributed by atoms with Crippen LogP contribution in [0.2, 0.25) is 0 Å². The first-order valence-corrected chi connectivity index (χ1v) is 11.7. The number of nitrogens with one attached hydrogen (secondary N) is 2. The number of carboxylic acids is 1. The molecule has 0 spiro atoms.